The van der Waals surface area contributed by atoms with Gasteiger partial charge in [0.15, 0.2) is 0 Å². The number of aryl methyl sites for hydroxylation is 3. The molecule has 2 aromatic rings. The van der Waals surface area contributed by atoms with E-state index in [1.807, 2.05) is 6.07 Å². The Morgan fingerprint density at radius 2 is 1.55 bits per heavy atom. The van der Waals surface area contributed by atoms with Crippen LogP contribution >= 0.6 is 34.8 Å². The lowest BCUT2D eigenvalue weighted by Gasteiger charge is -2.19. The van der Waals surface area contributed by atoms with Crippen molar-refractivity contribution in [3.63, 3.8) is 0 Å². The van der Waals surface area contributed by atoms with E-state index in [2.05, 4.69) is 45.1 Å². The van der Waals surface area contributed by atoms with Crippen molar-refractivity contribution in [2.45, 2.75) is 40.3 Å². The van der Waals surface area contributed by atoms with Crippen LogP contribution in [0.15, 0.2) is 24.3 Å². The molecule has 1 atom stereocenters. The van der Waals surface area contributed by atoms with Crippen LogP contribution in [0.1, 0.15) is 40.8 Å². The molecule has 2 rings (SSSR count). The molecule has 0 fully saturated rings. The van der Waals surface area contributed by atoms with E-state index in [0.717, 1.165) is 12.1 Å². The molecule has 1 nitrogen and oxygen atoms in total. The lowest BCUT2D eigenvalue weighted by Crippen LogP contribution is -2.19. The summed E-state index contributed by atoms with van der Waals surface area (Å²) in [5.74, 6) is 0. The van der Waals surface area contributed by atoms with Gasteiger partial charge in [0.1, 0.15) is 0 Å². The van der Waals surface area contributed by atoms with Crippen molar-refractivity contribution in [1.29, 1.82) is 0 Å². The van der Waals surface area contributed by atoms with Crippen LogP contribution in [-0.4, -0.2) is 0 Å². The van der Waals surface area contributed by atoms with E-state index >= 15 is 0 Å². The second kappa shape index (κ2) is 7.23. The highest BCUT2D eigenvalue weighted by atomic mass is 35.5. The van der Waals surface area contributed by atoms with Crippen molar-refractivity contribution in [3.05, 3.63) is 67.2 Å². The molecule has 0 aliphatic carbocycles. The molecular weight excluding hydrogens is 337 g/mol. The predicted octanol–water partition coefficient (Wildman–Crippen LogP) is 6.42. The monoisotopic (exact) mass is 355 g/mol. The molecular formula is C18H20Cl3N. The Kier molecular flexibility index (Phi) is 5.79. The molecule has 4 heteroatoms. The van der Waals surface area contributed by atoms with E-state index in [1.165, 1.54) is 22.3 Å². The maximum Gasteiger partial charge on any atom is 0.0781 e. The summed E-state index contributed by atoms with van der Waals surface area (Å²) in [6.45, 7) is 9.27. The van der Waals surface area contributed by atoms with Crippen LogP contribution < -0.4 is 5.32 Å². The number of nitrogens with one attached hydrogen (secondary N) is 1. The highest BCUT2D eigenvalue weighted by Gasteiger charge is 2.14. The molecule has 0 saturated carbocycles. The molecule has 0 amide bonds. The molecule has 0 bridgehead atoms. The molecule has 22 heavy (non-hydrogen) atoms. The predicted molar refractivity (Wildman–Crippen MR) is 97.4 cm³/mol. The third-order valence-corrected chi connectivity index (χ3v) is 5.27. The van der Waals surface area contributed by atoms with Gasteiger partial charge in [0.25, 0.3) is 0 Å². The van der Waals surface area contributed by atoms with Crippen LogP contribution in [0.25, 0.3) is 0 Å². The van der Waals surface area contributed by atoms with Crippen LogP contribution in [-0.2, 0) is 6.54 Å². The normalized spacial score (nSPS) is 12.5. The molecule has 0 heterocycles. The molecule has 0 aliphatic rings. The van der Waals surface area contributed by atoms with Crippen molar-refractivity contribution in [3.8, 4) is 0 Å². The third-order valence-electron chi connectivity index (χ3n) is 3.96. The molecule has 0 aliphatic heterocycles. The first-order valence-electron chi connectivity index (χ1n) is 7.24. The Balaban J connectivity index is 2.17. The Labute approximate surface area is 147 Å². The van der Waals surface area contributed by atoms with Crippen molar-refractivity contribution in [2.75, 3.05) is 0 Å². The molecule has 0 spiro atoms. The van der Waals surface area contributed by atoms with Crippen LogP contribution in [0.5, 0.6) is 0 Å². The minimum atomic E-state index is 0.0855. The molecule has 118 valence electrons. The summed E-state index contributed by atoms with van der Waals surface area (Å²) in [5, 5.41) is 4.93. The SMILES string of the molecule is Cc1cc(C)c(CNC(C)c2ccc(Cl)c(Cl)c2Cl)c(C)c1. The van der Waals surface area contributed by atoms with Crippen molar-refractivity contribution in [1.82, 2.24) is 5.32 Å². The first kappa shape index (κ1) is 17.6. The van der Waals surface area contributed by atoms with Crippen LogP contribution in [0.4, 0.5) is 0 Å². The van der Waals surface area contributed by atoms with Gasteiger partial charge in [0, 0.05) is 12.6 Å². The van der Waals surface area contributed by atoms with E-state index < -0.39 is 0 Å². The third kappa shape index (κ3) is 3.78. The fourth-order valence-electron chi connectivity index (χ4n) is 2.73. The summed E-state index contributed by atoms with van der Waals surface area (Å²) >= 11 is 18.4. The van der Waals surface area contributed by atoms with Gasteiger partial charge in [-0.15, -0.1) is 0 Å². The topological polar surface area (TPSA) is 12.0 Å². The zero-order valence-corrected chi connectivity index (χ0v) is 15.5. The van der Waals surface area contributed by atoms with Gasteiger partial charge in [-0.05, 0) is 56.0 Å². The summed E-state index contributed by atoms with van der Waals surface area (Å²) in [6, 6.07) is 8.21. The minimum absolute atomic E-state index is 0.0855. The summed E-state index contributed by atoms with van der Waals surface area (Å²) in [6.07, 6.45) is 0. The molecule has 0 aromatic heterocycles. The Morgan fingerprint density at radius 1 is 0.955 bits per heavy atom. The average Bonchev–Trinajstić information content (AvgIpc) is 2.43. The average molecular weight is 357 g/mol. The Hall–Kier alpha value is -0.730. The van der Waals surface area contributed by atoms with Gasteiger partial charge < -0.3 is 5.32 Å². The lowest BCUT2D eigenvalue weighted by molar-refractivity contribution is 0.572. The molecule has 2 aromatic carbocycles. The zero-order valence-electron chi connectivity index (χ0n) is 13.2. The van der Waals surface area contributed by atoms with Crippen LogP contribution in [0.3, 0.4) is 0 Å². The van der Waals surface area contributed by atoms with Crippen LogP contribution in [0, 0.1) is 20.8 Å². The number of benzene rings is 2. The van der Waals surface area contributed by atoms with E-state index in [0.29, 0.717) is 15.1 Å². The summed E-state index contributed by atoms with van der Waals surface area (Å²) in [7, 11) is 0. The fourth-order valence-corrected chi connectivity index (χ4v) is 3.44. The van der Waals surface area contributed by atoms with Crippen LogP contribution in [0.2, 0.25) is 15.1 Å². The van der Waals surface area contributed by atoms with E-state index in [-0.39, 0.29) is 6.04 Å². The van der Waals surface area contributed by atoms with Gasteiger partial charge >= 0.3 is 0 Å². The first-order chi connectivity index (χ1) is 10.3. The fraction of sp³-hybridized carbons (Fsp3) is 0.333. The molecule has 1 N–H and O–H groups in total. The number of hydrogen-bond acceptors (Lipinski definition) is 1. The van der Waals surface area contributed by atoms with Crippen molar-refractivity contribution < 1.29 is 0 Å². The minimum Gasteiger partial charge on any atom is -0.306 e. The highest BCUT2D eigenvalue weighted by molar-refractivity contribution is 6.48. The maximum absolute atomic E-state index is 6.30. The zero-order chi connectivity index (χ0) is 16.4. The van der Waals surface area contributed by atoms with Crippen molar-refractivity contribution in [2.24, 2.45) is 0 Å². The Bertz CT molecular complexity index is 672. The van der Waals surface area contributed by atoms with Crippen molar-refractivity contribution >= 4 is 34.8 Å². The van der Waals surface area contributed by atoms with Gasteiger partial charge in [0.05, 0.1) is 15.1 Å². The second-order valence-electron chi connectivity index (χ2n) is 5.74. The van der Waals surface area contributed by atoms with Gasteiger partial charge in [-0.1, -0.05) is 58.6 Å². The lowest BCUT2D eigenvalue weighted by atomic mass is 9.99. The van der Waals surface area contributed by atoms with Gasteiger partial charge in [-0.25, -0.2) is 0 Å². The Morgan fingerprint density at radius 3 is 2.14 bits per heavy atom. The largest absolute Gasteiger partial charge is 0.306 e. The standard InChI is InChI=1S/C18H20Cl3N/c1-10-7-11(2)15(12(3)8-10)9-22-13(4)14-5-6-16(19)18(21)17(14)20/h5-8,13,22H,9H2,1-4H3. The quantitative estimate of drug-likeness (QED) is 0.623. The molecule has 0 radical (unpaired) electrons. The number of halogens is 3. The van der Waals surface area contributed by atoms with Gasteiger partial charge in [-0.2, -0.15) is 0 Å². The smallest absolute Gasteiger partial charge is 0.0781 e. The van der Waals surface area contributed by atoms with E-state index in [1.54, 1.807) is 6.07 Å². The summed E-state index contributed by atoms with van der Waals surface area (Å²) in [4.78, 5) is 0. The molecule has 1 unspecified atom stereocenters. The molecule has 0 saturated heterocycles. The second-order valence-corrected chi connectivity index (χ2v) is 6.91. The summed E-state index contributed by atoms with van der Waals surface area (Å²) < 4.78 is 0. The van der Waals surface area contributed by atoms with Gasteiger partial charge in [0.2, 0.25) is 0 Å². The number of rotatable bonds is 4. The summed E-state index contributed by atoms with van der Waals surface area (Å²) in [5.41, 5.74) is 6.18. The van der Waals surface area contributed by atoms with E-state index in [4.69, 9.17) is 34.8 Å². The van der Waals surface area contributed by atoms with Gasteiger partial charge in [-0.3, -0.25) is 0 Å². The first-order valence-corrected chi connectivity index (χ1v) is 8.38. The maximum atomic E-state index is 6.30. The highest BCUT2D eigenvalue weighted by Crippen LogP contribution is 2.35. The number of hydrogen-bond donors (Lipinski definition) is 1. The van der Waals surface area contributed by atoms with E-state index in [9.17, 15) is 0 Å².